The van der Waals surface area contributed by atoms with E-state index in [1.54, 1.807) is 0 Å². The van der Waals surface area contributed by atoms with Gasteiger partial charge >= 0.3 is 6.09 Å². The number of ether oxygens (including phenoxy) is 1. The van der Waals surface area contributed by atoms with Gasteiger partial charge in [-0.3, -0.25) is 4.98 Å². The molecule has 1 amide bonds. The van der Waals surface area contributed by atoms with E-state index in [0.717, 1.165) is 44.7 Å². The number of pyridine rings is 1. The zero-order valence-electron chi connectivity index (χ0n) is 14.8. The molecular weight excluding hydrogens is 290 g/mol. The van der Waals surface area contributed by atoms with E-state index in [-0.39, 0.29) is 6.09 Å². The topological polar surface area (TPSA) is 54.5 Å². The Morgan fingerprint density at radius 2 is 2.22 bits per heavy atom. The van der Waals surface area contributed by atoms with Gasteiger partial charge in [-0.05, 0) is 64.6 Å². The summed E-state index contributed by atoms with van der Waals surface area (Å²) in [6, 6.07) is 4.14. The van der Waals surface area contributed by atoms with Crippen molar-refractivity contribution in [2.75, 3.05) is 19.6 Å². The molecule has 1 aliphatic heterocycles. The minimum absolute atomic E-state index is 0.184. The Bertz CT molecular complexity index is 508. The van der Waals surface area contributed by atoms with Crippen LogP contribution in [0.3, 0.4) is 0 Å². The van der Waals surface area contributed by atoms with Crippen molar-refractivity contribution in [2.24, 2.45) is 5.92 Å². The number of likely N-dealkylation sites (tertiary alicyclic amines) is 1. The lowest BCUT2D eigenvalue weighted by molar-refractivity contribution is 0.0287. The van der Waals surface area contributed by atoms with Gasteiger partial charge in [0.05, 0.1) is 5.69 Å². The average Bonchev–Trinajstić information content (AvgIpc) is 2.93. The van der Waals surface area contributed by atoms with Crippen LogP contribution in [0.5, 0.6) is 0 Å². The maximum atomic E-state index is 12.0. The molecule has 1 aromatic heterocycles. The molecule has 1 unspecified atom stereocenters. The van der Waals surface area contributed by atoms with Gasteiger partial charge in [0.1, 0.15) is 5.60 Å². The van der Waals surface area contributed by atoms with Gasteiger partial charge in [-0.2, -0.15) is 0 Å². The van der Waals surface area contributed by atoms with Crippen molar-refractivity contribution >= 4 is 6.09 Å². The van der Waals surface area contributed by atoms with Gasteiger partial charge in [0, 0.05) is 25.8 Å². The van der Waals surface area contributed by atoms with E-state index in [2.05, 4.69) is 22.4 Å². The highest BCUT2D eigenvalue weighted by atomic mass is 16.6. The normalized spacial score (nSPS) is 18.3. The second kappa shape index (κ2) is 7.77. The molecule has 0 aliphatic carbocycles. The largest absolute Gasteiger partial charge is 0.444 e. The monoisotopic (exact) mass is 319 g/mol. The van der Waals surface area contributed by atoms with E-state index >= 15 is 0 Å². The van der Waals surface area contributed by atoms with E-state index in [4.69, 9.17) is 4.74 Å². The van der Waals surface area contributed by atoms with Crippen LogP contribution in [0.1, 0.15) is 44.9 Å². The summed E-state index contributed by atoms with van der Waals surface area (Å²) in [5.74, 6) is 0.556. The fraction of sp³-hybridized carbons (Fsp3) is 0.667. The van der Waals surface area contributed by atoms with Crippen LogP contribution in [0.4, 0.5) is 4.79 Å². The van der Waals surface area contributed by atoms with Crippen molar-refractivity contribution in [3.63, 3.8) is 0 Å². The first kappa shape index (κ1) is 17.7. The molecule has 0 radical (unpaired) electrons. The fourth-order valence-electron chi connectivity index (χ4n) is 2.69. The molecule has 1 fully saturated rings. The molecule has 0 bridgehead atoms. The molecule has 5 heteroatoms. The molecule has 5 nitrogen and oxygen atoms in total. The Kier molecular flexibility index (Phi) is 5.99. The summed E-state index contributed by atoms with van der Waals surface area (Å²) >= 11 is 0. The van der Waals surface area contributed by atoms with Crippen LogP contribution in [-0.4, -0.2) is 41.2 Å². The highest BCUT2D eigenvalue weighted by Gasteiger charge is 2.29. The Labute approximate surface area is 139 Å². The predicted octanol–water partition coefficient (Wildman–Crippen LogP) is 3.13. The summed E-state index contributed by atoms with van der Waals surface area (Å²) < 4.78 is 5.43. The number of aromatic nitrogens is 1. The SMILES string of the molecule is Cc1ccc(CNCCC2CCN(C(=O)OC(C)(C)C)C2)nc1. The molecule has 0 saturated carbocycles. The molecular formula is C18H29N3O2. The number of hydrogen-bond acceptors (Lipinski definition) is 4. The minimum atomic E-state index is -0.419. The van der Waals surface area contributed by atoms with Crippen LogP contribution >= 0.6 is 0 Å². The molecule has 23 heavy (non-hydrogen) atoms. The molecule has 0 spiro atoms. The summed E-state index contributed by atoms with van der Waals surface area (Å²) in [6.45, 7) is 11.1. The number of nitrogens with zero attached hydrogens (tertiary/aromatic N) is 2. The maximum Gasteiger partial charge on any atom is 0.410 e. The third-order valence-corrected chi connectivity index (χ3v) is 3.95. The highest BCUT2D eigenvalue weighted by molar-refractivity contribution is 5.68. The van der Waals surface area contributed by atoms with E-state index in [1.165, 1.54) is 5.56 Å². The Morgan fingerprint density at radius 1 is 1.43 bits per heavy atom. The van der Waals surface area contributed by atoms with E-state index in [9.17, 15) is 4.79 Å². The summed E-state index contributed by atoms with van der Waals surface area (Å²) in [4.78, 5) is 18.2. The molecule has 2 rings (SSSR count). The zero-order chi connectivity index (χ0) is 16.9. The van der Waals surface area contributed by atoms with Gasteiger partial charge in [-0.15, -0.1) is 0 Å². The van der Waals surface area contributed by atoms with Gasteiger partial charge in [0.25, 0.3) is 0 Å². The quantitative estimate of drug-likeness (QED) is 0.847. The van der Waals surface area contributed by atoms with Crippen molar-refractivity contribution in [1.82, 2.24) is 15.2 Å². The van der Waals surface area contributed by atoms with Crippen molar-refractivity contribution in [3.05, 3.63) is 29.6 Å². The van der Waals surface area contributed by atoms with E-state index in [0.29, 0.717) is 5.92 Å². The summed E-state index contributed by atoms with van der Waals surface area (Å²) in [5.41, 5.74) is 1.83. The molecule has 128 valence electrons. The predicted molar refractivity (Wildman–Crippen MR) is 91.2 cm³/mol. The van der Waals surface area contributed by atoms with Crippen molar-refractivity contribution in [1.29, 1.82) is 0 Å². The second-order valence-electron chi connectivity index (χ2n) is 7.37. The first-order valence-electron chi connectivity index (χ1n) is 8.44. The standard InChI is InChI=1S/C18H29N3O2/c1-14-5-6-16(20-11-14)12-19-9-7-15-8-10-21(13-15)17(22)23-18(2,3)4/h5-6,11,15,19H,7-10,12-13H2,1-4H3. The van der Waals surface area contributed by atoms with Gasteiger partial charge in [-0.1, -0.05) is 6.07 Å². The van der Waals surface area contributed by atoms with Crippen LogP contribution < -0.4 is 5.32 Å². The van der Waals surface area contributed by atoms with Gasteiger partial charge < -0.3 is 15.0 Å². The number of rotatable bonds is 5. The van der Waals surface area contributed by atoms with Crippen LogP contribution in [0.25, 0.3) is 0 Å². The molecule has 1 atom stereocenters. The van der Waals surface area contributed by atoms with E-state index < -0.39 is 5.60 Å². The van der Waals surface area contributed by atoms with Crippen LogP contribution in [-0.2, 0) is 11.3 Å². The fourth-order valence-corrected chi connectivity index (χ4v) is 2.69. The van der Waals surface area contributed by atoms with E-state index in [1.807, 2.05) is 38.8 Å². The first-order chi connectivity index (χ1) is 10.8. The van der Waals surface area contributed by atoms with Gasteiger partial charge in [-0.25, -0.2) is 4.79 Å². The summed E-state index contributed by atoms with van der Waals surface area (Å²) in [7, 11) is 0. The third kappa shape index (κ3) is 6.18. The maximum absolute atomic E-state index is 12.0. The molecule has 1 saturated heterocycles. The Morgan fingerprint density at radius 3 is 2.87 bits per heavy atom. The average molecular weight is 319 g/mol. The zero-order valence-corrected chi connectivity index (χ0v) is 14.8. The number of carbonyl (C=O) groups is 1. The van der Waals surface area contributed by atoms with Crippen LogP contribution in [0.15, 0.2) is 18.3 Å². The van der Waals surface area contributed by atoms with Crippen molar-refractivity contribution in [2.45, 2.75) is 52.7 Å². The molecule has 1 aromatic rings. The highest BCUT2D eigenvalue weighted by Crippen LogP contribution is 2.21. The number of carbonyl (C=O) groups excluding carboxylic acids is 1. The second-order valence-corrected chi connectivity index (χ2v) is 7.37. The number of aryl methyl sites for hydroxylation is 1. The Hall–Kier alpha value is -1.62. The first-order valence-corrected chi connectivity index (χ1v) is 8.44. The third-order valence-electron chi connectivity index (χ3n) is 3.95. The molecule has 2 heterocycles. The van der Waals surface area contributed by atoms with Crippen molar-refractivity contribution in [3.8, 4) is 0 Å². The summed E-state index contributed by atoms with van der Waals surface area (Å²) in [5, 5.41) is 3.43. The van der Waals surface area contributed by atoms with Crippen LogP contribution in [0, 0.1) is 12.8 Å². The summed E-state index contributed by atoms with van der Waals surface area (Å²) in [6.07, 6.45) is 3.85. The number of hydrogen-bond donors (Lipinski definition) is 1. The minimum Gasteiger partial charge on any atom is -0.444 e. The van der Waals surface area contributed by atoms with Gasteiger partial charge in [0.15, 0.2) is 0 Å². The van der Waals surface area contributed by atoms with Crippen molar-refractivity contribution < 1.29 is 9.53 Å². The molecule has 1 N–H and O–H groups in total. The number of nitrogens with one attached hydrogen (secondary N) is 1. The smallest absolute Gasteiger partial charge is 0.410 e. The Balaban J connectivity index is 1.64. The molecule has 0 aromatic carbocycles. The molecule has 1 aliphatic rings. The lowest BCUT2D eigenvalue weighted by Gasteiger charge is -2.24. The van der Waals surface area contributed by atoms with Gasteiger partial charge in [0.2, 0.25) is 0 Å². The van der Waals surface area contributed by atoms with Crippen LogP contribution in [0.2, 0.25) is 0 Å². The number of amides is 1. The lowest BCUT2D eigenvalue weighted by atomic mass is 10.1. The lowest BCUT2D eigenvalue weighted by Crippen LogP contribution is -2.35.